The summed E-state index contributed by atoms with van der Waals surface area (Å²) in [5, 5.41) is 12.9. The van der Waals surface area contributed by atoms with Gasteiger partial charge in [-0.1, -0.05) is 12.1 Å². The molecule has 82 valence electrons. The number of para-hydroxylation sites is 1. The lowest BCUT2D eigenvalue weighted by Gasteiger charge is -2.23. The summed E-state index contributed by atoms with van der Waals surface area (Å²) in [6.45, 7) is 0.500. The summed E-state index contributed by atoms with van der Waals surface area (Å²) < 4.78 is 1.56. The van der Waals surface area contributed by atoms with Crippen molar-refractivity contribution in [1.82, 2.24) is 9.55 Å². The van der Waals surface area contributed by atoms with Crippen LogP contribution in [0.5, 0.6) is 0 Å². The molecule has 1 atom stereocenters. The van der Waals surface area contributed by atoms with Gasteiger partial charge in [-0.3, -0.25) is 9.36 Å². The fourth-order valence-electron chi connectivity index (χ4n) is 1.96. The van der Waals surface area contributed by atoms with Crippen LogP contribution in [0, 0.1) is 0 Å². The fourth-order valence-corrected chi connectivity index (χ4v) is 1.96. The highest BCUT2D eigenvalue weighted by Crippen LogP contribution is 2.16. The van der Waals surface area contributed by atoms with E-state index < -0.39 is 6.23 Å². The lowest BCUT2D eigenvalue weighted by molar-refractivity contribution is 0.175. The molecule has 1 aromatic heterocycles. The van der Waals surface area contributed by atoms with Crippen molar-refractivity contribution in [2.45, 2.75) is 19.2 Å². The van der Waals surface area contributed by atoms with Crippen molar-refractivity contribution in [1.29, 1.82) is 0 Å². The first-order valence-electron chi connectivity index (χ1n) is 5.20. The van der Waals surface area contributed by atoms with E-state index in [-0.39, 0.29) is 5.56 Å². The molecule has 0 saturated heterocycles. The topological polar surface area (TPSA) is 67.2 Å². The van der Waals surface area contributed by atoms with Crippen molar-refractivity contribution >= 4 is 16.9 Å². The second-order valence-electron chi connectivity index (χ2n) is 3.86. The number of hydrogen-bond acceptors (Lipinski definition) is 4. The Kier molecular flexibility index (Phi) is 1.94. The van der Waals surface area contributed by atoms with Crippen LogP contribution in [0.25, 0.3) is 10.9 Å². The van der Waals surface area contributed by atoms with Gasteiger partial charge in [0.1, 0.15) is 6.23 Å². The normalized spacial score (nSPS) is 19.2. The zero-order valence-electron chi connectivity index (χ0n) is 8.55. The molecular formula is C11H11N3O2. The van der Waals surface area contributed by atoms with E-state index in [1.165, 1.54) is 0 Å². The van der Waals surface area contributed by atoms with E-state index in [2.05, 4.69) is 10.3 Å². The van der Waals surface area contributed by atoms with Crippen LogP contribution in [0.2, 0.25) is 0 Å². The van der Waals surface area contributed by atoms with Gasteiger partial charge in [-0.05, 0) is 12.1 Å². The number of aliphatic hydroxyl groups excluding tert-OH is 1. The Morgan fingerprint density at radius 1 is 1.44 bits per heavy atom. The van der Waals surface area contributed by atoms with Crippen LogP contribution in [0.15, 0.2) is 29.1 Å². The van der Waals surface area contributed by atoms with Crippen LogP contribution in [0.3, 0.4) is 0 Å². The highest BCUT2D eigenvalue weighted by Gasteiger charge is 2.18. The molecule has 1 aliphatic heterocycles. The maximum absolute atomic E-state index is 12.1. The summed E-state index contributed by atoms with van der Waals surface area (Å²) in [7, 11) is 0. The average molecular weight is 217 g/mol. The van der Waals surface area contributed by atoms with Crippen LogP contribution in [-0.2, 0) is 6.54 Å². The first-order valence-corrected chi connectivity index (χ1v) is 5.20. The smallest absolute Gasteiger partial charge is 0.262 e. The third-order valence-corrected chi connectivity index (χ3v) is 2.78. The number of hydrogen-bond donors (Lipinski definition) is 2. The quantitative estimate of drug-likeness (QED) is 0.675. The molecule has 0 radical (unpaired) electrons. The van der Waals surface area contributed by atoms with Gasteiger partial charge in [0.05, 0.1) is 10.9 Å². The van der Waals surface area contributed by atoms with Crippen molar-refractivity contribution in [2.75, 3.05) is 5.32 Å². The Balaban J connectivity index is 2.33. The monoisotopic (exact) mass is 217 g/mol. The standard InChI is InChI=1S/C11H11N3O2/c15-9-5-6-14-10(16)7-3-1-2-4-8(7)12-11(14)13-9/h1-4,9,15H,5-6H2,(H,12,13). The maximum atomic E-state index is 12.1. The molecule has 0 fully saturated rings. The highest BCUT2D eigenvalue weighted by molar-refractivity contribution is 5.78. The maximum Gasteiger partial charge on any atom is 0.262 e. The van der Waals surface area contributed by atoms with Gasteiger partial charge in [-0.25, -0.2) is 4.98 Å². The minimum absolute atomic E-state index is 0.0556. The predicted molar refractivity (Wildman–Crippen MR) is 60.2 cm³/mol. The number of anilines is 1. The van der Waals surface area contributed by atoms with Gasteiger partial charge in [-0.2, -0.15) is 0 Å². The molecule has 2 N–H and O–H groups in total. The van der Waals surface area contributed by atoms with Crippen LogP contribution < -0.4 is 10.9 Å². The molecule has 1 unspecified atom stereocenters. The Morgan fingerprint density at radius 2 is 2.25 bits per heavy atom. The summed E-state index contributed by atoms with van der Waals surface area (Å²) in [5.74, 6) is 0.447. The number of benzene rings is 1. The summed E-state index contributed by atoms with van der Waals surface area (Å²) in [6, 6.07) is 7.22. The first kappa shape index (κ1) is 9.35. The molecule has 0 saturated carbocycles. The molecule has 1 aliphatic rings. The molecule has 2 aromatic rings. The highest BCUT2D eigenvalue weighted by atomic mass is 16.3. The third kappa shape index (κ3) is 1.29. The SMILES string of the molecule is O=c1c2ccccc2nc2n1CCC(O)N2. The van der Waals surface area contributed by atoms with E-state index in [9.17, 15) is 9.90 Å². The summed E-state index contributed by atoms with van der Waals surface area (Å²) in [5.41, 5.74) is 0.598. The van der Waals surface area contributed by atoms with Crippen molar-refractivity contribution in [3.05, 3.63) is 34.6 Å². The van der Waals surface area contributed by atoms with E-state index >= 15 is 0 Å². The largest absolute Gasteiger partial charge is 0.374 e. The zero-order valence-corrected chi connectivity index (χ0v) is 8.55. The molecule has 0 bridgehead atoms. The summed E-state index contributed by atoms with van der Waals surface area (Å²) in [6.07, 6.45) is -0.0968. The number of fused-ring (bicyclic) bond motifs is 2. The van der Waals surface area contributed by atoms with Gasteiger partial charge in [0.25, 0.3) is 5.56 Å². The van der Waals surface area contributed by atoms with Gasteiger partial charge in [0, 0.05) is 13.0 Å². The zero-order chi connectivity index (χ0) is 11.1. The van der Waals surface area contributed by atoms with E-state index in [4.69, 9.17) is 0 Å². The number of rotatable bonds is 0. The van der Waals surface area contributed by atoms with Crippen LogP contribution in [-0.4, -0.2) is 20.9 Å². The number of aliphatic hydroxyl groups is 1. The van der Waals surface area contributed by atoms with Gasteiger partial charge in [0.2, 0.25) is 5.95 Å². The molecule has 16 heavy (non-hydrogen) atoms. The average Bonchev–Trinajstić information content (AvgIpc) is 2.29. The molecule has 5 nitrogen and oxygen atoms in total. The van der Waals surface area contributed by atoms with E-state index in [0.29, 0.717) is 29.8 Å². The minimum atomic E-state index is -0.618. The van der Waals surface area contributed by atoms with Crippen molar-refractivity contribution in [3.63, 3.8) is 0 Å². The van der Waals surface area contributed by atoms with Crippen LogP contribution >= 0.6 is 0 Å². The third-order valence-electron chi connectivity index (χ3n) is 2.78. The summed E-state index contributed by atoms with van der Waals surface area (Å²) in [4.78, 5) is 16.4. The molecule has 0 aliphatic carbocycles. The lowest BCUT2D eigenvalue weighted by Crippen LogP contribution is -2.35. The Morgan fingerprint density at radius 3 is 3.12 bits per heavy atom. The predicted octanol–water partition coefficient (Wildman–Crippen LogP) is 0.530. The summed E-state index contributed by atoms with van der Waals surface area (Å²) >= 11 is 0. The van der Waals surface area contributed by atoms with Crippen LogP contribution in [0.4, 0.5) is 5.95 Å². The van der Waals surface area contributed by atoms with Crippen LogP contribution in [0.1, 0.15) is 6.42 Å². The van der Waals surface area contributed by atoms with Gasteiger partial charge in [-0.15, -0.1) is 0 Å². The molecule has 5 heteroatoms. The number of nitrogens with zero attached hydrogens (tertiary/aromatic N) is 2. The molecule has 2 heterocycles. The molecule has 0 spiro atoms. The lowest BCUT2D eigenvalue weighted by atomic mass is 10.2. The second-order valence-corrected chi connectivity index (χ2v) is 3.86. The Bertz CT molecular complexity index is 606. The molecule has 0 amide bonds. The minimum Gasteiger partial charge on any atom is -0.374 e. The Hall–Kier alpha value is -1.88. The van der Waals surface area contributed by atoms with Crippen molar-refractivity contribution in [3.8, 4) is 0 Å². The second kappa shape index (κ2) is 3.31. The van der Waals surface area contributed by atoms with Crippen molar-refractivity contribution < 1.29 is 5.11 Å². The van der Waals surface area contributed by atoms with E-state index in [1.54, 1.807) is 16.7 Å². The number of aromatic nitrogens is 2. The van der Waals surface area contributed by atoms with Gasteiger partial charge < -0.3 is 10.4 Å². The molecular weight excluding hydrogens is 206 g/mol. The molecule has 1 aromatic carbocycles. The molecule has 3 rings (SSSR count). The number of nitrogens with one attached hydrogen (secondary N) is 1. The Labute approximate surface area is 91.4 Å². The van der Waals surface area contributed by atoms with E-state index in [1.807, 2.05) is 12.1 Å². The van der Waals surface area contributed by atoms with E-state index in [0.717, 1.165) is 0 Å². The van der Waals surface area contributed by atoms with Crippen molar-refractivity contribution in [2.24, 2.45) is 0 Å². The van der Waals surface area contributed by atoms with Gasteiger partial charge >= 0.3 is 0 Å². The first-order chi connectivity index (χ1) is 7.75. The fraction of sp³-hybridized carbons (Fsp3) is 0.273. The van der Waals surface area contributed by atoms with Gasteiger partial charge in [0.15, 0.2) is 0 Å².